The van der Waals surface area contributed by atoms with Crippen LogP contribution in [-0.2, 0) is 0 Å². The Bertz CT molecular complexity index is 461. The van der Waals surface area contributed by atoms with Crippen molar-refractivity contribution in [3.63, 3.8) is 0 Å². The molecule has 1 aromatic carbocycles. The lowest BCUT2D eigenvalue weighted by Gasteiger charge is -2.31. The highest BCUT2D eigenvalue weighted by Crippen LogP contribution is 2.24. The summed E-state index contributed by atoms with van der Waals surface area (Å²) in [4.78, 5) is 12.1. The van der Waals surface area contributed by atoms with Gasteiger partial charge in [-0.25, -0.2) is 4.39 Å². The molecule has 2 rings (SSSR count). The normalized spacial score (nSPS) is 23.1. The van der Waals surface area contributed by atoms with Crippen LogP contribution in [0.4, 0.5) is 4.39 Å². The third-order valence-corrected chi connectivity index (χ3v) is 3.96. The van der Waals surface area contributed by atoms with Crippen LogP contribution in [0.25, 0.3) is 0 Å². The molecule has 0 radical (unpaired) electrons. The third kappa shape index (κ3) is 3.32. The van der Waals surface area contributed by atoms with E-state index in [0.29, 0.717) is 23.6 Å². The van der Waals surface area contributed by atoms with Crippen molar-refractivity contribution < 1.29 is 9.18 Å². The Morgan fingerprint density at radius 2 is 2.16 bits per heavy atom. The Hall–Kier alpha value is -1.42. The van der Waals surface area contributed by atoms with Gasteiger partial charge in [0, 0.05) is 11.6 Å². The predicted octanol–water partition coefficient (Wildman–Crippen LogP) is 2.38. The van der Waals surface area contributed by atoms with Gasteiger partial charge in [0.25, 0.3) is 5.91 Å². The van der Waals surface area contributed by atoms with Crippen LogP contribution < -0.4 is 11.1 Å². The Morgan fingerprint density at radius 1 is 1.42 bits per heavy atom. The zero-order valence-corrected chi connectivity index (χ0v) is 11.3. The van der Waals surface area contributed by atoms with Crippen molar-refractivity contribution in [3.8, 4) is 0 Å². The van der Waals surface area contributed by atoms with Gasteiger partial charge in [0.15, 0.2) is 0 Å². The number of hydrogen-bond donors (Lipinski definition) is 2. The van der Waals surface area contributed by atoms with E-state index in [1.807, 2.05) is 0 Å². The summed E-state index contributed by atoms with van der Waals surface area (Å²) in [5, 5.41) is 3.00. The summed E-state index contributed by atoms with van der Waals surface area (Å²) in [7, 11) is 0. The lowest BCUT2D eigenvalue weighted by Crippen LogP contribution is -2.44. The second kappa shape index (κ2) is 6.15. The first-order chi connectivity index (χ1) is 9.11. The first-order valence-corrected chi connectivity index (χ1v) is 6.89. The molecule has 1 saturated carbocycles. The first kappa shape index (κ1) is 14.0. The van der Waals surface area contributed by atoms with E-state index in [2.05, 4.69) is 5.32 Å². The van der Waals surface area contributed by atoms with E-state index >= 15 is 0 Å². The van der Waals surface area contributed by atoms with Crippen molar-refractivity contribution in [2.75, 3.05) is 6.54 Å². The zero-order chi connectivity index (χ0) is 13.8. The monoisotopic (exact) mass is 264 g/mol. The maximum atomic E-state index is 13.5. The largest absolute Gasteiger partial charge is 0.349 e. The molecule has 3 nitrogen and oxygen atoms in total. The Labute approximate surface area is 113 Å². The lowest BCUT2D eigenvalue weighted by atomic mass is 9.84. The molecule has 0 aliphatic heterocycles. The lowest BCUT2D eigenvalue weighted by molar-refractivity contribution is 0.0907. The highest BCUT2D eigenvalue weighted by molar-refractivity contribution is 5.94. The molecule has 3 N–H and O–H groups in total. The van der Waals surface area contributed by atoms with Crippen molar-refractivity contribution in [1.29, 1.82) is 0 Å². The number of amides is 1. The summed E-state index contributed by atoms with van der Waals surface area (Å²) in [6.07, 6.45) is 4.31. The molecule has 1 aromatic rings. The number of carbonyl (C=O) groups excluding carboxylic acids is 1. The molecule has 1 amide bonds. The van der Waals surface area contributed by atoms with E-state index in [4.69, 9.17) is 5.73 Å². The second-order valence-electron chi connectivity index (χ2n) is 5.32. The van der Waals surface area contributed by atoms with Crippen LogP contribution in [0.5, 0.6) is 0 Å². The third-order valence-electron chi connectivity index (χ3n) is 3.96. The topological polar surface area (TPSA) is 55.1 Å². The standard InChI is InChI=1S/C15H21FN2O/c1-10-6-7-11(8-13(10)16)15(19)18-14-5-3-2-4-12(14)9-17/h6-8,12,14H,2-5,9,17H2,1H3,(H,18,19). The Morgan fingerprint density at radius 3 is 2.84 bits per heavy atom. The van der Waals surface area contributed by atoms with Gasteiger partial charge in [-0.1, -0.05) is 18.9 Å². The van der Waals surface area contributed by atoms with Gasteiger partial charge >= 0.3 is 0 Å². The molecule has 104 valence electrons. The second-order valence-corrected chi connectivity index (χ2v) is 5.32. The Kier molecular flexibility index (Phi) is 4.53. The van der Waals surface area contributed by atoms with E-state index in [9.17, 15) is 9.18 Å². The summed E-state index contributed by atoms with van der Waals surface area (Å²) >= 11 is 0. The number of hydrogen-bond acceptors (Lipinski definition) is 2. The highest BCUT2D eigenvalue weighted by atomic mass is 19.1. The van der Waals surface area contributed by atoms with E-state index in [-0.39, 0.29) is 17.8 Å². The minimum Gasteiger partial charge on any atom is -0.349 e. The number of halogens is 1. The number of benzene rings is 1. The van der Waals surface area contributed by atoms with Crippen LogP contribution in [0.3, 0.4) is 0 Å². The number of carbonyl (C=O) groups is 1. The van der Waals surface area contributed by atoms with Crippen LogP contribution in [0.1, 0.15) is 41.6 Å². The van der Waals surface area contributed by atoms with Gasteiger partial charge in [-0.3, -0.25) is 4.79 Å². The Balaban J connectivity index is 2.05. The summed E-state index contributed by atoms with van der Waals surface area (Å²) in [5.74, 6) is -0.205. The van der Waals surface area contributed by atoms with Gasteiger partial charge in [0.05, 0.1) is 0 Å². The predicted molar refractivity (Wildman–Crippen MR) is 73.4 cm³/mol. The fraction of sp³-hybridized carbons (Fsp3) is 0.533. The average molecular weight is 264 g/mol. The summed E-state index contributed by atoms with van der Waals surface area (Å²) in [6.45, 7) is 2.27. The molecule has 2 unspecified atom stereocenters. The van der Waals surface area contributed by atoms with E-state index in [1.165, 1.54) is 12.5 Å². The van der Waals surface area contributed by atoms with Gasteiger partial charge in [-0.05, 0) is 49.9 Å². The molecule has 0 spiro atoms. The van der Waals surface area contributed by atoms with Crippen LogP contribution in [0.2, 0.25) is 0 Å². The van der Waals surface area contributed by atoms with Gasteiger partial charge in [-0.15, -0.1) is 0 Å². The van der Waals surface area contributed by atoms with Gasteiger partial charge < -0.3 is 11.1 Å². The molecule has 0 bridgehead atoms. The SMILES string of the molecule is Cc1ccc(C(=O)NC2CCCCC2CN)cc1F. The number of nitrogens with one attached hydrogen (secondary N) is 1. The number of aryl methyl sites for hydroxylation is 1. The number of nitrogens with two attached hydrogens (primary N) is 1. The summed E-state index contributed by atoms with van der Waals surface area (Å²) in [6, 6.07) is 4.71. The van der Waals surface area contributed by atoms with E-state index in [1.54, 1.807) is 19.1 Å². The molecule has 2 atom stereocenters. The first-order valence-electron chi connectivity index (χ1n) is 6.89. The smallest absolute Gasteiger partial charge is 0.251 e. The van der Waals surface area contributed by atoms with Gasteiger partial charge in [0.2, 0.25) is 0 Å². The van der Waals surface area contributed by atoms with Gasteiger partial charge in [0.1, 0.15) is 5.82 Å². The summed E-state index contributed by atoms with van der Waals surface area (Å²) < 4.78 is 13.5. The quantitative estimate of drug-likeness (QED) is 0.880. The fourth-order valence-electron chi connectivity index (χ4n) is 2.67. The minimum absolute atomic E-state index is 0.121. The van der Waals surface area contributed by atoms with Crippen LogP contribution in [0.15, 0.2) is 18.2 Å². The highest BCUT2D eigenvalue weighted by Gasteiger charge is 2.25. The van der Waals surface area contributed by atoms with E-state index < -0.39 is 0 Å². The van der Waals surface area contributed by atoms with Crippen molar-refractivity contribution >= 4 is 5.91 Å². The summed E-state index contributed by atoms with van der Waals surface area (Å²) in [5.41, 5.74) is 6.67. The van der Waals surface area contributed by atoms with Crippen LogP contribution >= 0.6 is 0 Å². The molecule has 1 aliphatic carbocycles. The van der Waals surface area contributed by atoms with Crippen LogP contribution in [-0.4, -0.2) is 18.5 Å². The fourth-order valence-corrected chi connectivity index (χ4v) is 2.67. The number of rotatable bonds is 3. The molecule has 1 aliphatic rings. The zero-order valence-electron chi connectivity index (χ0n) is 11.3. The molecular formula is C15H21FN2O. The maximum absolute atomic E-state index is 13.5. The molecule has 1 fully saturated rings. The average Bonchev–Trinajstić information content (AvgIpc) is 2.42. The molecule has 19 heavy (non-hydrogen) atoms. The molecule has 0 saturated heterocycles. The van der Waals surface area contributed by atoms with Crippen molar-refractivity contribution in [2.24, 2.45) is 11.7 Å². The molecule has 0 heterocycles. The van der Waals surface area contributed by atoms with Crippen molar-refractivity contribution in [2.45, 2.75) is 38.6 Å². The minimum atomic E-state index is -0.341. The van der Waals surface area contributed by atoms with Gasteiger partial charge in [-0.2, -0.15) is 0 Å². The van der Waals surface area contributed by atoms with Crippen molar-refractivity contribution in [1.82, 2.24) is 5.32 Å². The van der Waals surface area contributed by atoms with Crippen LogP contribution in [0, 0.1) is 18.7 Å². The molecule has 0 aromatic heterocycles. The molecule has 4 heteroatoms. The molecular weight excluding hydrogens is 243 g/mol. The maximum Gasteiger partial charge on any atom is 0.251 e. The van der Waals surface area contributed by atoms with E-state index in [0.717, 1.165) is 19.3 Å². The van der Waals surface area contributed by atoms with Crippen molar-refractivity contribution in [3.05, 3.63) is 35.1 Å².